The van der Waals surface area contributed by atoms with Crippen LogP contribution in [0.25, 0.3) is 11.6 Å². The van der Waals surface area contributed by atoms with E-state index in [0.717, 1.165) is 81.0 Å². The van der Waals surface area contributed by atoms with Gasteiger partial charge in [-0.1, -0.05) is 67.8 Å². The molecule has 0 aliphatic rings. The van der Waals surface area contributed by atoms with Crippen LogP contribution in [0.2, 0.25) is 0 Å². The van der Waals surface area contributed by atoms with E-state index in [-0.39, 0.29) is 5.78 Å². The number of nitrogen functional groups attached to an aromatic ring is 1. The maximum absolute atomic E-state index is 10.5. The Morgan fingerprint density at radius 3 is 2.10 bits per heavy atom. The van der Waals surface area contributed by atoms with Crippen LogP contribution >= 0.6 is 0 Å². The van der Waals surface area contributed by atoms with Crippen LogP contribution in [0.15, 0.2) is 79.1 Å². The molecule has 2 rings (SSSR count). The number of unbranched alkanes of at least 4 members (excludes halogenated alkanes) is 7. The summed E-state index contributed by atoms with van der Waals surface area (Å²) in [6, 6.07) is 11.5. The molecule has 0 saturated carbocycles. The Labute approximate surface area is 295 Å². The van der Waals surface area contributed by atoms with Gasteiger partial charge in [-0.05, 0) is 109 Å². The fraction of sp³-hybridized carbons (Fsp3) is 0.425. The van der Waals surface area contributed by atoms with Gasteiger partial charge >= 0.3 is 0 Å². The molecule has 0 saturated heterocycles. The smallest absolute Gasteiger partial charge is 0.129 e. The Morgan fingerprint density at radius 1 is 0.878 bits per heavy atom. The first-order valence-electron chi connectivity index (χ1n) is 17.1. The largest absolute Gasteiger partial charge is 0.398 e. The average Bonchev–Trinajstić information content (AvgIpc) is 3.12. The number of hydrogen-bond acceptors (Lipinski definition) is 9. The molecule has 0 radical (unpaired) electrons. The molecule has 9 nitrogen and oxygen atoms in total. The van der Waals surface area contributed by atoms with Crippen molar-refractivity contribution in [3.8, 4) is 0 Å². The number of aromatic nitrogens is 1. The number of allylic oxidation sites excluding steroid dienone is 6. The van der Waals surface area contributed by atoms with E-state index < -0.39 is 0 Å². The first kappa shape index (κ1) is 46.8. The van der Waals surface area contributed by atoms with Gasteiger partial charge < -0.3 is 41.9 Å². The van der Waals surface area contributed by atoms with Crippen LogP contribution in [0.1, 0.15) is 94.9 Å². The first-order chi connectivity index (χ1) is 23.8. The minimum absolute atomic E-state index is 0.264. The minimum atomic E-state index is 0.264. The van der Waals surface area contributed by atoms with Crippen LogP contribution < -0.4 is 22.1 Å². The molecule has 0 aliphatic heterocycles. The first-order valence-corrected chi connectivity index (χ1v) is 17.1. The van der Waals surface area contributed by atoms with E-state index in [1.165, 1.54) is 19.9 Å². The molecule has 0 atom stereocenters. The second-order valence-electron chi connectivity index (χ2n) is 10.9. The number of anilines is 1. The fourth-order valence-electron chi connectivity index (χ4n) is 4.20. The van der Waals surface area contributed by atoms with Crippen molar-refractivity contribution in [3.63, 3.8) is 0 Å². The molecule has 7 N–H and O–H groups in total. The predicted molar refractivity (Wildman–Crippen MR) is 210 cm³/mol. The van der Waals surface area contributed by atoms with Crippen LogP contribution in [-0.2, 0) is 14.4 Å². The lowest BCUT2D eigenvalue weighted by Crippen LogP contribution is -2.10. The molecule has 1 aromatic heterocycles. The molecule has 49 heavy (non-hydrogen) atoms. The zero-order chi connectivity index (χ0) is 37.0. The number of pyridine rings is 1. The molecule has 1 aromatic carbocycles. The summed E-state index contributed by atoms with van der Waals surface area (Å²) in [7, 11) is 5.36. The van der Waals surface area contributed by atoms with Crippen LogP contribution in [0.3, 0.4) is 0 Å². The van der Waals surface area contributed by atoms with Crippen molar-refractivity contribution in [2.24, 2.45) is 5.73 Å². The Kier molecular flexibility index (Phi) is 33.4. The minimum Gasteiger partial charge on any atom is -0.398 e. The van der Waals surface area contributed by atoms with E-state index in [4.69, 9.17) is 11.1 Å². The number of ketones is 1. The average molecular weight is 675 g/mol. The summed E-state index contributed by atoms with van der Waals surface area (Å²) in [6.45, 7) is 5.40. The highest BCUT2D eigenvalue weighted by Gasteiger charge is 2.07. The van der Waals surface area contributed by atoms with E-state index in [0.29, 0.717) is 29.8 Å². The van der Waals surface area contributed by atoms with Crippen molar-refractivity contribution >= 4 is 41.4 Å². The second kappa shape index (κ2) is 35.0. The van der Waals surface area contributed by atoms with Gasteiger partial charge in [-0.25, -0.2) is 0 Å². The molecule has 0 bridgehead atoms. The normalized spacial score (nSPS) is 10.9. The molecule has 0 aliphatic carbocycles. The summed E-state index contributed by atoms with van der Waals surface area (Å²) in [6.07, 6.45) is 26.8. The van der Waals surface area contributed by atoms with Crippen molar-refractivity contribution in [1.29, 1.82) is 5.41 Å². The van der Waals surface area contributed by atoms with E-state index in [9.17, 15) is 14.4 Å². The number of benzene rings is 1. The molecule has 2 aromatic rings. The molecular weight excluding hydrogens is 612 g/mol. The van der Waals surface area contributed by atoms with Gasteiger partial charge in [0.05, 0.1) is 11.4 Å². The Bertz CT molecular complexity index is 1270. The maximum atomic E-state index is 10.5. The standard InChI is InChI=1S/C23H26N4.C9H16O2.C7H15NO.CH5N/c1-3-4-5-6-9-19(17-26-2)18-11-13-21(23(25)16-18)22(24)14-12-20-10-7-8-15-27-20;1-9(11)7-5-3-2-4-6-8-10;1-8-6-4-2-3-5-7-9;1-2/h3-16,24,26H,17,25H2,1-2H3;8H,2-7H2,1H3;7-8H,2-6H2,1H3;2H2,1H3/b4-3+,6-5-,14-12+,19-9-,24-22?;;;. The number of nitrogens with one attached hydrogen (secondary N) is 3. The molecule has 0 amide bonds. The van der Waals surface area contributed by atoms with E-state index in [1.54, 1.807) is 19.2 Å². The third-order valence-electron chi connectivity index (χ3n) is 6.75. The van der Waals surface area contributed by atoms with Crippen molar-refractivity contribution in [2.45, 2.75) is 78.1 Å². The number of Topliss-reactive ketones (excluding diaryl/α,β-unsaturated/α-hetero) is 1. The highest BCUT2D eigenvalue weighted by Crippen LogP contribution is 2.21. The molecule has 0 spiro atoms. The van der Waals surface area contributed by atoms with Crippen LogP contribution in [0.5, 0.6) is 0 Å². The fourth-order valence-corrected chi connectivity index (χ4v) is 4.20. The number of hydrogen-bond donors (Lipinski definition) is 5. The molecule has 0 fully saturated rings. The number of rotatable bonds is 21. The molecule has 0 unspecified atom stereocenters. The van der Waals surface area contributed by atoms with Gasteiger partial charge in [-0.3, -0.25) is 4.98 Å². The number of nitrogens with zero attached hydrogens (tertiary/aromatic N) is 1. The van der Waals surface area contributed by atoms with Gasteiger partial charge in [-0.2, -0.15) is 0 Å². The van der Waals surface area contributed by atoms with Gasteiger partial charge in [0, 0.05) is 43.3 Å². The predicted octanol–water partition coefficient (Wildman–Crippen LogP) is 7.14. The van der Waals surface area contributed by atoms with Gasteiger partial charge in [0.25, 0.3) is 0 Å². The third-order valence-corrected chi connectivity index (χ3v) is 6.75. The highest BCUT2D eigenvalue weighted by molar-refractivity contribution is 6.12. The Hall–Kier alpha value is -4.31. The van der Waals surface area contributed by atoms with Gasteiger partial charge in [0.1, 0.15) is 18.4 Å². The van der Waals surface area contributed by atoms with Crippen molar-refractivity contribution in [2.75, 3.05) is 40.0 Å². The monoisotopic (exact) mass is 674 g/mol. The SMILES string of the molecule is C/C=C/C=C\C=C(\CNC)c1ccc(C(=N)/C=C/c2ccccn2)c(N)c1.CC(=O)CCCCCCC=O.CN.CNCCCCCC=O. The number of nitrogens with two attached hydrogens (primary N) is 2. The van der Waals surface area contributed by atoms with Crippen molar-refractivity contribution < 1.29 is 14.4 Å². The maximum Gasteiger partial charge on any atom is 0.129 e. The summed E-state index contributed by atoms with van der Waals surface area (Å²) < 4.78 is 0. The van der Waals surface area contributed by atoms with E-state index in [2.05, 4.69) is 27.4 Å². The van der Waals surface area contributed by atoms with Crippen LogP contribution in [0.4, 0.5) is 5.69 Å². The zero-order valence-corrected chi connectivity index (χ0v) is 30.5. The summed E-state index contributed by atoms with van der Waals surface area (Å²) in [5.74, 6) is 0.264. The zero-order valence-electron chi connectivity index (χ0n) is 30.5. The summed E-state index contributed by atoms with van der Waals surface area (Å²) in [4.78, 5) is 34.4. The topological polar surface area (TPSA) is 164 Å². The summed E-state index contributed by atoms with van der Waals surface area (Å²) >= 11 is 0. The Balaban J connectivity index is 0. The summed E-state index contributed by atoms with van der Waals surface area (Å²) in [5, 5.41) is 14.5. The number of likely N-dealkylation sites (N-methyl/N-ethyl adjacent to an activating group) is 1. The number of aldehydes is 2. The molecule has 1 heterocycles. The van der Waals surface area contributed by atoms with Crippen LogP contribution in [-0.4, -0.2) is 63.3 Å². The Morgan fingerprint density at radius 2 is 1.55 bits per heavy atom. The lowest BCUT2D eigenvalue weighted by molar-refractivity contribution is -0.117. The quantitative estimate of drug-likeness (QED) is 0.0307. The molecule has 270 valence electrons. The van der Waals surface area contributed by atoms with Gasteiger partial charge in [0.2, 0.25) is 0 Å². The number of carbonyl (C=O) groups is 3. The second-order valence-corrected chi connectivity index (χ2v) is 10.9. The van der Waals surface area contributed by atoms with E-state index >= 15 is 0 Å². The van der Waals surface area contributed by atoms with Crippen LogP contribution in [0, 0.1) is 5.41 Å². The van der Waals surface area contributed by atoms with E-state index in [1.807, 2.05) is 87.8 Å². The van der Waals surface area contributed by atoms with Gasteiger partial charge in [0.15, 0.2) is 0 Å². The van der Waals surface area contributed by atoms with Gasteiger partial charge in [-0.15, -0.1) is 0 Å². The highest BCUT2D eigenvalue weighted by atomic mass is 16.1. The van der Waals surface area contributed by atoms with Crippen molar-refractivity contribution in [3.05, 3.63) is 95.9 Å². The van der Waals surface area contributed by atoms with Crippen molar-refractivity contribution in [1.82, 2.24) is 15.6 Å². The summed E-state index contributed by atoms with van der Waals surface area (Å²) in [5.41, 5.74) is 15.4. The lowest BCUT2D eigenvalue weighted by atomic mass is 9.99. The lowest BCUT2D eigenvalue weighted by Gasteiger charge is -2.11. The number of carbonyl (C=O) groups excluding carboxylic acids is 3. The third kappa shape index (κ3) is 27.4. The molecular formula is C40H62N6O3. The molecule has 9 heteroatoms.